The van der Waals surface area contributed by atoms with E-state index in [-0.39, 0.29) is 17.4 Å². The summed E-state index contributed by atoms with van der Waals surface area (Å²) in [4.78, 5) is 24.2. The van der Waals surface area contributed by atoms with Crippen molar-refractivity contribution in [3.05, 3.63) is 47.2 Å². The summed E-state index contributed by atoms with van der Waals surface area (Å²) in [6.07, 6.45) is 1.21. The van der Waals surface area contributed by atoms with Crippen LogP contribution in [0.25, 0.3) is 0 Å². The first-order valence-corrected chi connectivity index (χ1v) is 10.3. The number of benzene rings is 1. The minimum absolute atomic E-state index is 0.120. The Morgan fingerprint density at radius 2 is 1.57 bits per heavy atom. The van der Waals surface area contributed by atoms with Crippen molar-refractivity contribution in [3.63, 3.8) is 0 Å². The van der Waals surface area contributed by atoms with Crippen LogP contribution in [0.1, 0.15) is 67.9 Å². The molecule has 2 aromatic rings. The van der Waals surface area contributed by atoms with Crippen molar-refractivity contribution in [1.29, 1.82) is 0 Å². The second-order valence-electron chi connectivity index (χ2n) is 6.99. The fourth-order valence-corrected chi connectivity index (χ4v) is 3.84. The summed E-state index contributed by atoms with van der Waals surface area (Å²) in [5.74, 6) is -0.257. The molecule has 0 aliphatic carbocycles. The minimum Gasteiger partial charge on any atom is -0.307 e. The Balaban J connectivity index is 2.36. The maximum Gasteiger partial charge on any atom is 0.333 e. The highest BCUT2D eigenvalue weighted by Crippen LogP contribution is 2.32. The Labute approximate surface area is 164 Å². The fraction of sp³-hybridized carbons (Fsp3) is 0.368. The number of rotatable bonds is 6. The first-order valence-electron chi connectivity index (χ1n) is 8.83. The number of Topliss-reactive ketones (excluding diaryl/α,β-unsaturated/α-hetero) is 1. The molecular formula is C19H24N4O4S. The number of sulfonamides is 1. The number of aromatic nitrogens is 2. The van der Waals surface area contributed by atoms with Crippen LogP contribution in [0.5, 0.6) is 0 Å². The number of nitrogens with one attached hydrogen (secondary N) is 2. The molecule has 0 radical (unpaired) electrons. The van der Waals surface area contributed by atoms with E-state index < -0.39 is 26.9 Å². The van der Waals surface area contributed by atoms with Gasteiger partial charge in [-0.3, -0.25) is 4.79 Å². The number of carbonyl (C=O) groups excluding carboxylic acids is 2. The first kappa shape index (κ1) is 21.5. The van der Waals surface area contributed by atoms with E-state index in [1.54, 1.807) is 0 Å². The van der Waals surface area contributed by atoms with Crippen LogP contribution in [0.4, 0.5) is 10.5 Å². The topological polar surface area (TPSA) is 118 Å². The third-order valence-corrected chi connectivity index (χ3v) is 5.42. The number of carbonyl (C=O) groups is 2. The molecule has 150 valence electrons. The van der Waals surface area contributed by atoms with Crippen molar-refractivity contribution in [2.24, 2.45) is 0 Å². The fourth-order valence-electron chi connectivity index (χ4n) is 2.79. The quantitative estimate of drug-likeness (QED) is 0.712. The van der Waals surface area contributed by atoms with Gasteiger partial charge in [-0.25, -0.2) is 9.52 Å². The van der Waals surface area contributed by atoms with Gasteiger partial charge in [-0.2, -0.15) is 13.5 Å². The van der Waals surface area contributed by atoms with Gasteiger partial charge >= 0.3 is 6.03 Å². The molecule has 0 aliphatic heterocycles. The number of nitrogens with zero attached hydrogens (tertiary/aromatic N) is 2. The molecular weight excluding hydrogens is 380 g/mol. The molecule has 0 fully saturated rings. The molecule has 0 saturated carbocycles. The van der Waals surface area contributed by atoms with Crippen molar-refractivity contribution in [1.82, 2.24) is 14.9 Å². The van der Waals surface area contributed by atoms with Gasteiger partial charge in [-0.15, -0.1) is 5.10 Å². The normalized spacial score (nSPS) is 11.5. The molecule has 2 rings (SSSR count). The lowest BCUT2D eigenvalue weighted by atomic mass is 9.93. The highest BCUT2D eigenvalue weighted by atomic mass is 32.2. The average molecular weight is 404 g/mol. The van der Waals surface area contributed by atoms with Crippen LogP contribution in [-0.4, -0.2) is 30.4 Å². The highest BCUT2D eigenvalue weighted by Gasteiger charge is 2.26. The average Bonchev–Trinajstić information content (AvgIpc) is 2.60. The zero-order valence-corrected chi connectivity index (χ0v) is 17.3. The highest BCUT2D eigenvalue weighted by molar-refractivity contribution is 7.90. The van der Waals surface area contributed by atoms with Gasteiger partial charge in [0.05, 0.1) is 11.8 Å². The lowest BCUT2D eigenvalue weighted by Gasteiger charge is -2.20. The second-order valence-corrected chi connectivity index (χ2v) is 8.58. The van der Waals surface area contributed by atoms with Gasteiger partial charge in [0.15, 0.2) is 5.78 Å². The van der Waals surface area contributed by atoms with Crippen LogP contribution in [-0.2, 0) is 10.0 Å². The molecule has 0 unspecified atom stereocenters. The smallest absolute Gasteiger partial charge is 0.307 e. The minimum atomic E-state index is -4.38. The van der Waals surface area contributed by atoms with Gasteiger partial charge in [0.1, 0.15) is 0 Å². The van der Waals surface area contributed by atoms with Crippen molar-refractivity contribution in [3.8, 4) is 0 Å². The van der Waals surface area contributed by atoms with Gasteiger partial charge < -0.3 is 5.32 Å². The SMILES string of the molecule is CC(=O)c1ccnnc1S(=O)(=O)NC(=O)Nc1c(C(C)C)cccc1C(C)C. The van der Waals surface area contributed by atoms with Gasteiger partial charge in [0.2, 0.25) is 5.03 Å². The van der Waals surface area contributed by atoms with Crippen molar-refractivity contribution >= 4 is 27.5 Å². The van der Waals surface area contributed by atoms with E-state index in [1.807, 2.05) is 50.6 Å². The van der Waals surface area contributed by atoms with E-state index in [2.05, 4.69) is 15.5 Å². The maximum atomic E-state index is 12.6. The molecule has 0 atom stereocenters. The first-order chi connectivity index (χ1) is 13.0. The number of ketones is 1. The molecule has 0 aliphatic rings. The molecule has 8 nitrogen and oxygen atoms in total. The summed E-state index contributed by atoms with van der Waals surface area (Å²) in [5.41, 5.74) is 2.22. The summed E-state index contributed by atoms with van der Waals surface area (Å²) in [6, 6.07) is 5.99. The molecule has 1 heterocycles. The van der Waals surface area contributed by atoms with Gasteiger partial charge in [-0.1, -0.05) is 45.9 Å². The van der Waals surface area contributed by atoms with E-state index in [1.165, 1.54) is 19.2 Å². The van der Waals surface area contributed by atoms with Gasteiger partial charge in [-0.05, 0) is 36.0 Å². The third kappa shape index (κ3) is 4.72. The number of anilines is 1. The molecule has 0 spiro atoms. The molecule has 2 amide bonds. The Kier molecular flexibility index (Phi) is 6.50. The molecule has 2 N–H and O–H groups in total. The lowest BCUT2D eigenvalue weighted by molar-refractivity contribution is 0.101. The predicted octanol–water partition coefficient (Wildman–Crippen LogP) is 3.44. The monoisotopic (exact) mass is 404 g/mol. The molecule has 9 heteroatoms. The molecule has 1 aromatic carbocycles. The zero-order chi connectivity index (χ0) is 21.1. The van der Waals surface area contributed by atoms with Crippen molar-refractivity contribution in [2.75, 3.05) is 5.32 Å². The van der Waals surface area contributed by atoms with Crippen LogP contribution in [0.2, 0.25) is 0 Å². The Morgan fingerprint density at radius 1 is 1.00 bits per heavy atom. The van der Waals surface area contributed by atoms with Crippen LogP contribution < -0.4 is 10.0 Å². The van der Waals surface area contributed by atoms with Crippen LogP contribution in [0.15, 0.2) is 35.5 Å². The summed E-state index contributed by atoms with van der Waals surface area (Å²) < 4.78 is 27.1. The number of para-hydroxylation sites is 1. The number of hydrogen-bond acceptors (Lipinski definition) is 6. The molecule has 0 saturated heterocycles. The zero-order valence-electron chi connectivity index (χ0n) is 16.5. The van der Waals surface area contributed by atoms with E-state index in [9.17, 15) is 18.0 Å². The van der Waals surface area contributed by atoms with Crippen LogP contribution in [0, 0.1) is 0 Å². The second kappa shape index (κ2) is 8.47. The third-order valence-electron chi connectivity index (χ3n) is 4.16. The Morgan fingerprint density at radius 3 is 2.07 bits per heavy atom. The van der Waals surface area contributed by atoms with Gasteiger partial charge in [0, 0.05) is 5.69 Å². The van der Waals surface area contributed by atoms with Crippen LogP contribution >= 0.6 is 0 Å². The predicted molar refractivity (Wildman–Crippen MR) is 106 cm³/mol. The largest absolute Gasteiger partial charge is 0.333 e. The summed E-state index contributed by atoms with van der Waals surface area (Å²) >= 11 is 0. The summed E-state index contributed by atoms with van der Waals surface area (Å²) in [5, 5.41) is 9.10. The molecule has 0 bridgehead atoms. The molecule has 28 heavy (non-hydrogen) atoms. The van der Waals surface area contributed by atoms with Crippen LogP contribution in [0.3, 0.4) is 0 Å². The Hall–Kier alpha value is -2.81. The van der Waals surface area contributed by atoms with Gasteiger partial charge in [0.25, 0.3) is 10.0 Å². The lowest BCUT2D eigenvalue weighted by Crippen LogP contribution is -2.36. The molecule has 1 aromatic heterocycles. The van der Waals surface area contributed by atoms with E-state index in [0.29, 0.717) is 5.69 Å². The van der Waals surface area contributed by atoms with E-state index in [0.717, 1.165) is 11.1 Å². The van der Waals surface area contributed by atoms with Crippen molar-refractivity contribution < 1.29 is 18.0 Å². The number of hydrogen-bond donors (Lipinski definition) is 2. The van der Waals surface area contributed by atoms with Crippen molar-refractivity contribution in [2.45, 2.75) is 51.5 Å². The Bertz CT molecular complexity index is 974. The van der Waals surface area contributed by atoms with E-state index in [4.69, 9.17) is 0 Å². The standard InChI is InChI=1S/C19H24N4O4S/c1-11(2)14-7-6-8-15(12(3)4)17(14)21-19(25)23-28(26,27)18-16(13(5)24)9-10-20-22-18/h6-12H,1-5H3,(H2,21,23,25). The van der Waals surface area contributed by atoms with E-state index >= 15 is 0 Å². The maximum absolute atomic E-state index is 12.6. The summed E-state index contributed by atoms with van der Waals surface area (Å²) in [6.45, 7) is 9.15. The summed E-state index contributed by atoms with van der Waals surface area (Å²) in [7, 11) is -4.38. The number of amides is 2. The number of urea groups is 1.